The molecule has 0 aliphatic heterocycles. The molecule has 2 N–H and O–H groups in total. The van der Waals surface area contributed by atoms with Gasteiger partial charge in [-0.25, -0.2) is 22.0 Å². The van der Waals surface area contributed by atoms with Crippen molar-refractivity contribution < 1.29 is 45.0 Å². The molecule has 37 heavy (non-hydrogen) atoms. The van der Waals surface area contributed by atoms with Gasteiger partial charge >= 0.3 is 12.3 Å². The molecule has 0 saturated heterocycles. The molecule has 0 aromatic heterocycles. The number of carboxylic acid groups (broad SMARTS) is 1. The van der Waals surface area contributed by atoms with Crippen LogP contribution in [0.4, 0.5) is 26.7 Å². The molecule has 2 aliphatic rings. The highest BCUT2D eigenvalue weighted by Crippen LogP contribution is 2.40. The number of amides is 1. The minimum atomic E-state index is -4.93. The van der Waals surface area contributed by atoms with E-state index in [1.165, 1.54) is 7.11 Å². The summed E-state index contributed by atoms with van der Waals surface area (Å²) in [5.74, 6) is -2.34. The highest BCUT2D eigenvalue weighted by molar-refractivity contribution is 7.92. The van der Waals surface area contributed by atoms with E-state index in [0.29, 0.717) is 25.3 Å². The van der Waals surface area contributed by atoms with E-state index in [2.05, 4.69) is 5.32 Å². The first-order valence-electron chi connectivity index (χ1n) is 11.1. The minimum Gasteiger partial charge on any atom is -0.465 e. The number of nitriles is 1. The van der Waals surface area contributed by atoms with Crippen molar-refractivity contribution in [2.45, 2.75) is 60.1 Å². The second-order valence-corrected chi connectivity index (χ2v) is 11.0. The van der Waals surface area contributed by atoms with E-state index < -0.39 is 55.0 Å². The standard InChI is InChI=1S/C19H17F5O3S.C5H6N2O2/c1-27-13-4-5-14(10-13)28(25,26)18-7-3-11(8-15(18)19(22,23)24)12-2-6-16(20)17(21)9-12;6-3-5(1-2-5)7-4(8)9/h2-3,6-9,13-14H,4-5,10H2,1H3;7H,1-2H2,(H,8,9)/t13-,14-;/m1./s1. The summed E-state index contributed by atoms with van der Waals surface area (Å²) in [6.07, 6.45) is -4.27. The van der Waals surface area contributed by atoms with Crippen molar-refractivity contribution in [3.63, 3.8) is 0 Å². The summed E-state index contributed by atoms with van der Waals surface area (Å²) < 4.78 is 98.2. The highest BCUT2D eigenvalue weighted by atomic mass is 32.2. The van der Waals surface area contributed by atoms with Gasteiger partial charge in [-0.2, -0.15) is 18.4 Å². The second-order valence-electron chi connectivity index (χ2n) is 8.80. The number of nitrogens with zero attached hydrogens (tertiary/aromatic N) is 1. The van der Waals surface area contributed by atoms with Crippen molar-refractivity contribution in [3.8, 4) is 17.2 Å². The summed E-state index contributed by atoms with van der Waals surface area (Å²) >= 11 is 0. The smallest absolute Gasteiger partial charge is 0.417 e. The Morgan fingerprint density at radius 3 is 2.19 bits per heavy atom. The van der Waals surface area contributed by atoms with Crippen LogP contribution in [-0.4, -0.2) is 43.6 Å². The zero-order chi connectivity index (χ0) is 27.6. The van der Waals surface area contributed by atoms with E-state index in [4.69, 9.17) is 15.1 Å². The first kappa shape index (κ1) is 28.3. The number of carbonyl (C=O) groups is 1. The van der Waals surface area contributed by atoms with Crippen molar-refractivity contribution in [2.24, 2.45) is 0 Å². The topological polar surface area (TPSA) is 116 Å². The number of nitrogens with one attached hydrogen (secondary N) is 1. The Bertz CT molecular complexity index is 1320. The quantitative estimate of drug-likeness (QED) is 0.492. The fraction of sp³-hybridized carbons (Fsp3) is 0.417. The average molecular weight is 547 g/mol. The van der Waals surface area contributed by atoms with Crippen LogP contribution >= 0.6 is 0 Å². The van der Waals surface area contributed by atoms with Gasteiger partial charge in [0.05, 0.1) is 27.9 Å². The van der Waals surface area contributed by atoms with Crippen LogP contribution in [-0.2, 0) is 20.8 Å². The summed E-state index contributed by atoms with van der Waals surface area (Å²) in [5, 5.41) is 17.7. The highest BCUT2D eigenvalue weighted by Gasteiger charge is 2.45. The number of rotatable bonds is 5. The SMILES string of the molecule is CO[C@@H]1CC[C@@H](S(=O)(=O)c2ccc(-c3ccc(F)c(F)c3)cc2C(F)(F)F)C1.N#CC1(NC(=O)O)CC1. The van der Waals surface area contributed by atoms with Crippen LogP contribution in [0.1, 0.15) is 37.7 Å². The molecule has 0 unspecified atom stereocenters. The van der Waals surface area contributed by atoms with Gasteiger partial charge in [0, 0.05) is 7.11 Å². The van der Waals surface area contributed by atoms with Crippen molar-refractivity contribution >= 4 is 15.9 Å². The van der Waals surface area contributed by atoms with Gasteiger partial charge in [-0.1, -0.05) is 12.1 Å². The Morgan fingerprint density at radius 1 is 1.11 bits per heavy atom. The molecule has 7 nitrogen and oxygen atoms in total. The monoisotopic (exact) mass is 546 g/mol. The lowest BCUT2D eigenvalue weighted by Crippen LogP contribution is -2.33. The number of methoxy groups -OCH3 is 1. The average Bonchev–Trinajstić information content (AvgIpc) is 3.42. The van der Waals surface area contributed by atoms with Gasteiger partial charge in [0.2, 0.25) is 0 Å². The summed E-state index contributed by atoms with van der Waals surface area (Å²) in [7, 11) is -2.82. The zero-order valence-corrected chi connectivity index (χ0v) is 20.3. The van der Waals surface area contributed by atoms with E-state index in [-0.39, 0.29) is 30.1 Å². The van der Waals surface area contributed by atoms with Crippen LogP contribution in [0.25, 0.3) is 11.1 Å². The van der Waals surface area contributed by atoms with E-state index in [1.54, 1.807) is 0 Å². The van der Waals surface area contributed by atoms with E-state index >= 15 is 0 Å². The van der Waals surface area contributed by atoms with Gasteiger partial charge in [0.25, 0.3) is 0 Å². The lowest BCUT2D eigenvalue weighted by molar-refractivity contribution is -0.139. The van der Waals surface area contributed by atoms with E-state index in [0.717, 1.165) is 30.3 Å². The van der Waals surface area contributed by atoms with Crippen LogP contribution in [0.15, 0.2) is 41.3 Å². The minimum absolute atomic E-state index is 0.00802. The molecule has 2 saturated carbocycles. The molecule has 2 aliphatic carbocycles. The maximum absolute atomic E-state index is 13.6. The van der Waals surface area contributed by atoms with Gasteiger partial charge in [-0.15, -0.1) is 0 Å². The van der Waals surface area contributed by atoms with Crippen molar-refractivity contribution in [1.82, 2.24) is 5.32 Å². The summed E-state index contributed by atoms with van der Waals surface area (Å²) in [6.45, 7) is 0. The normalized spacial score (nSPS) is 20.4. The Labute approximate surface area is 209 Å². The maximum Gasteiger partial charge on any atom is 0.417 e. The molecule has 0 radical (unpaired) electrons. The molecule has 0 heterocycles. The second kappa shape index (κ2) is 10.6. The number of alkyl halides is 3. The summed E-state index contributed by atoms with van der Waals surface area (Å²) in [5.41, 5.74) is -2.11. The number of sulfone groups is 1. The van der Waals surface area contributed by atoms with Gasteiger partial charge in [0.1, 0.15) is 5.54 Å². The lowest BCUT2D eigenvalue weighted by atomic mass is 10.0. The fourth-order valence-corrected chi connectivity index (χ4v) is 6.04. The molecule has 13 heteroatoms. The van der Waals surface area contributed by atoms with Crippen molar-refractivity contribution in [3.05, 3.63) is 53.6 Å². The molecule has 4 rings (SSSR count). The number of hydrogen-bond acceptors (Lipinski definition) is 5. The van der Waals surface area contributed by atoms with Crippen LogP contribution in [0.2, 0.25) is 0 Å². The molecule has 2 aromatic carbocycles. The third-order valence-corrected chi connectivity index (χ3v) is 8.54. The Kier molecular flexibility index (Phi) is 8.14. The third kappa shape index (κ3) is 6.56. The first-order chi connectivity index (χ1) is 17.2. The van der Waals surface area contributed by atoms with E-state index in [9.17, 15) is 35.2 Å². The van der Waals surface area contributed by atoms with Crippen LogP contribution in [0.3, 0.4) is 0 Å². The lowest BCUT2D eigenvalue weighted by Gasteiger charge is -2.18. The number of hydrogen-bond donors (Lipinski definition) is 2. The maximum atomic E-state index is 13.6. The molecule has 200 valence electrons. The van der Waals surface area contributed by atoms with Gasteiger partial charge < -0.3 is 15.2 Å². The number of benzene rings is 2. The van der Waals surface area contributed by atoms with Crippen molar-refractivity contribution in [1.29, 1.82) is 5.26 Å². The molecular formula is C24H23F5N2O5S. The fourth-order valence-electron chi connectivity index (χ4n) is 4.03. The molecule has 2 fully saturated rings. The number of halogens is 5. The predicted molar refractivity (Wildman–Crippen MR) is 121 cm³/mol. The Morgan fingerprint density at radius 2 is 1.73 bits per heavy atom. The first-order valence-corrected chi connectivity index (χ1v) is 12.6. The third-order valence-electron chi connectivity index (χ3n) is 6.26. The molecule has 0 spiro atoms. The predicted octanol–water partition coefficient (Wildman–Crippen LogP) is 5.30. The number of ether oxygens (including phenoxy) is 1. The van der Waals surface area contributed by atoms with E-state index in [1.807, 2.05) is 6.07 Å². The summed E-state index contributed by atoms with van der Waals surface area (Å²) in [4.78, 5) is 9.14. The molecule has 1 amide bonds. The molecule has 2 atom stereocenters. The van der Waals surface area contributed by atoms with Crippen LogP contribution < -0.4 is 5.32 Å². The van der Waals surface area contributed by atoms with Crippen molar-refractivity contribution in [2.75, 3.05) is 7.11 Å². The largest absolute Gasteiger partial charge is 0.465 e. The van der Waals surface area contributed by atoms with Gasteiger partial charge in [-0.05, 0) is 67.5 Å². The summed E-state index contributed by atoms with van der Waals surface area (Å²) in [6, 6.07) is 7.28. The molecule has 0 bridgehead atoms. The van der Waals surface area contributed by atoms with Gasteiger partial charge in [-0.3, -0.25) is 0 Å². The van der Waals surface area contributed by atoms with Crippen LogP contribution in [0, 0.1) is 23.0 Å². The Balaban J connectivity index is 0.000000356. The molecule has 2 aromatic rings. The Hall–Kier alpha value is -3.24. The van der Waals surface area contributed by atoms with Gasteiger partial charge in [0.15, 0.2) is 21.5 Å². The zero-order valence-electron chi connectivity index (χ0n) is 19.5. The molecular weight excluding hydrogens is 523 g/mol. The van der Waals surface area contributed by atoms with Crippen LogP contribution in [0.5, 0.6) is 0 Å².